The van der Waals surface area contributed by atoms with Crippen LogP contribution in [0.4, 0.5) is 5.69 Å². The number of aromatic nitrogens is 2. The van der Waals surface area contributed by atoms with Gasteiger partial charge in [-0.05, 0) is 45.0 Å². The maximum absolute atomic E-state index is 12.9. The zero-order chi connectivity index (χ0) is 24.1. The minimum absolute atomic E-state index is 0.0969. The average molecular weight is 450 g/mol. The van der Waals surface area contributed by atoms with Crippen molar-refractivity contribution in [1.29, 1.82) is 0 Å². The summed E-state index contributed by atoms with van der Waals surface area (Å²) in [5, 5.41) is 5.10. The van der Waals surface area contributed by atoms with Crippen LogP contribution in [-0.4, -0.2) is 39.3 Å². The highest BCUT2D eigenvalue weighted by Crippen LogP contribution is 2.14. The maximum atomic E-state index is 12.9. The van der Waals surface area contributed by atoms with E-state index in [1.165, 1.54) is 18.5 Å². The number of anilines is 1. The Bertz CT molecular complexity index is 1210. The molecule has 3 aromatic rings. The van der Waals surface area contributed by atoms with Gasteiger partial charge in [-0.25, -0.2) is 9.48 Å². The van der Waals surface area contributed by atoms with E-state index >= 15 is 0 Å². The molecule has 1 heterocycles. The van der Waals surface area contributed by atoms with Crippen molar-refractivity contribution in [3.05, 3.63) is 82.3 Å². The molecule has 2 amide bonds. The minimum Gasteiger partial charge on any atom is -0.451 e. The van der Waals surface area contributed by atoms with Gasteiger partial charge >= 0.3 is 5.97 Å². The summed E-state index contributed by atoms with van der Waals surface area (Å²) in [6.07, 6.45) is -1.18. The first-order valence-corrected chi connectivity index (χ1v) is 10.4. The molecule has 0 saturated carbocycles. The summed E-state index contributed by atoms with van der Waals surface area (Å²) in [5.74, 6) is -1.86. The Morgan fingerprint density at radius 2 is 1.52 bits per heavy atom. The van der Waals surface area contributed by atoms with E-state index in [2.05, 4.69) is 10.6 Å². The highest BCUT2D eigenvalue weighted by molar-refractivity contribution is 5.98. The Kier molecular flexibility index (Phi) is 7.12. The predicted octanol–water partition coefficient (Wildman–Crippen LogP) is 2.17. The lowest BCUT2D eigenvalue weighted by molar-refractivity contribution is -0.154. The average Bonchev–Trinajstić information content (AvgIpc) is 3.02. The van der Waals surface area contributed by atoms with Crippen molar-refractivity contribution < 1.29 is 19.1 Å². The Morgan fingerprint density at radius 1 is 0.939 bits per heavy atom. The van der Waals surface area contributed by atoms with Crippen molar-refractivity contribution in [2.45, 2.75) is 32.9 Å². The normalized spacial score (nSPS) is 12.5. The number of hydrogen-bond donors (Lipinski definition) is 2. The molecule has 2 aromatic carbocycles. The highest BCUT2D eigenvalue weighted by atomic mass is 16.5. The van der Waals surface area contributed by atoms with Crippen LogP contribution in [0, 0.1) is 6.92 Å². The number of benzene rings is 2. The second-order valence-corrected chi connectivity index (χ2v) is 7.57. The molecule has 0 spiro atoms. The van der Waals surface area contributed by atoms with Gasteiger partial charge < -0.3 is 15.4 Å². The molecule has 172 valence electrons. The Labute approximate surface area is 191 Å². The van der Waals surface area contributed by atoms with Crippen LogP contribution in [0.1, 0.15) is 29.9 Å². The van der Waals surface area contributed by atoms with E-state index in [-0.39, 0.29) is 5.69 Å². The monoisotopic (exact) mass is 450 g/mol. The quantitative estimate of drug-likeness (QED) is 0.536. The van der Waals surface area contributed by atoms with Crippen molar-refractivity contribution in [2.24, 2.45) is 7.05 Å². The SMILES string of the molecule is Cc1c(NC(=O)[C@@H](C)OC(=O)[C@@H](C)NC(=O)c2ccccc2)c(=O)n(-c2ccccc2)n1C. The first kappa shape index (κ1) is 23.5. The van der Waals surface area contributed by atoms with E-state index in [0.29, 0.717) is 16.9 Å². The van der Waals surface area contributed by atoms with E-state index in [9.17, 15) is 19.2 Å². The highest BCUT2D eigenvalue weighted by Gasteiger charge is 2.26. The van der Waals surface area contributed by atoms with Gasteiger partial charge in [-0.1, -0.05) is 36.4 Å². The number of esters is 1. The molecule has 0 bridgehead atoms. The van der Waals surface area contributed by atoms with Gasteiger partial charge in [0.05, 0.1) is 11.4 Å². The number of rotatable bonds is 7. The third-order valence-corrected chi connectivity index (χ3v) is 5.20. The summed E-state index contributed by atoms with van der Waals surface area (Å²) in [6, 6.07) is 16.5. The zero-order valence-corrected chi connectivity index (χ0v) is 18.9. The van der Waals surface area contributed by atoms with Gasteiger partial charge in [0.2, 0.25) is 0 Å². The molecule has 0 aliphatic rings. The van der Waals surface area contributed by atoms with E-state index in [4.69, 9.17) is 4.74 Å². The molecule has 0 unspecified atom stereocenters. The van der Waals surface area contributed by atoms with Crippen LogP contribution < -0.4 is 16.2 Å². The molecule has 0 radical (unpaired) electrons. The van der Waals surface area contributed by atoms with Gasteiger partial charge in [0.15, 0.2) is 6.10 Å². The molecule has 2 N–H and O–H groups in total. The number of amides is 2. The van der Waals surface area contributed by atoms with Crippen LogP contribution in [0.2, 0.25) is 0 Å². The van der Waals surface area contributed by atoms with Gasteiger partial charge in [0.25, 0.3) is 17.4 Å². The summed E-state index contributed by atoms with van der Waals surface area (Å²) >= 11 is 0. The van der Waals surface area contributed by atoms with Crippen LogP contribution >= 0.6 is 0 Å². The molecule has 33 heavy (non-hydrogen) atoms. The molecule has 2 atom stereocenters. The third kappa shape index (κ3) is 5.20. The maximum Gasteiger partial charge on any atom is 0.329 e. The van der Waals surface area contributed by atoms with Crippen LogP contribution in [0.25, 0.3) is 5.69 Å². The number of carbonyl (C=O) groups excluding carboxylic acids is 3. The fraction of sp³-hybridized carbons (Fsp3) is 0.250. The predicted molar refractivity (Wildman–Crippen MR) is 123 cm³/mol. The lowest BCUT2D eigenvalue weighted by atomic mass is 10.2. The fourth-order valence-electron chi connectivity index (χ4n) is 3.20. The van der Waals surface area contributed by atoms with Gasteiger partial charge in [-0.15, -0.1) is 0 Å². The zero-order valence-electron chi connectivity index (χ0n) is 18.9. The molecule has 0 aliphatic carbocycles. The van der Waals surface area contributed by atoms with Crippen molar-refractivity contribution in [1.82, 2.24) is 14.7 Å². The summed E-state index contributed by atoms with van der Waals surface area (Å²) in [7, 11) is 1.71. The van der Waals surface area contributed by atoms with Crippen molar-refractivity contribution in [3.63, 3.8) is 0 Å². The molecule has 0 fully saturated rings. The smallest absolute Gasteiger partial charge is 0.329 e. The molecular weight excluding hydrogens is 424 g/mol. The van der Waals surface area contributed by atoms with Gasteiger partial charge in [0.1, 0.15) is 11.7 Å². The molecule has 0 saturated heterocycles. The second-order valence-electron chi connectivity index (χ2n) is 7.57. The van der Waals surface area contributed by atoms with Crippen molar-refractivity contribution in [2.75, 3.05) is 5.32 Å². The number of ether oxygens (including phenoxy) is 1. The van der Waals surface area contributed by atoms with Crippen LogP contribution in [0.5, 0.6) is 0 Å². The molecule has 0 aliphatic heterocycles. The molecule has 3 rings (SSSR count). The van der Waals surface area contributed by atoms with Crippen LogP contribution in [-0.2, 0) is 21.4 Å². The summed E-state index contributed by atoms with van der Waals surface area (Å²) in [4.78, 5) is 50.1. The lowest BCUT2D eigenvalue weighted by Gasteiger charge is -2.17. The Hall–Kier alpha value is -4.14. The van der Waals surface area contributed by atoms with Crippen molar-refractivity contribution >= 4 is 23.5 Å². The fourth-order valence-corrected chi connectivity index (χ4v) is 3.20. The topological polar surface area (TPSA) is 111 Å². The van der Waals surface area contributed by atoms with E-state index in [0.717, 1.165) is 0 Å². The Morgan fingerprint density at radius 3 is 2.12 bits per heavy atom. The molecule has 9 heteroatoms. The number of para-hydroxylation sites is 1. The number of hydrogen-bond acceptors (Lipinski definition) is 5. The molecular formula is C24H26N4O5. The number of nitrogens with zero attached hydrogens (tertiary/aromatic N) is 2. The van der Waals surface area contributed by atoms with Gasteiger partial charge in [0, 0.05) is 12.6 Å². The van der Waals surface area contributed by atoms with Crippen LogP contribution in [0.3, 0.4) is 0 Å². The minimum atomic E-state index is -1.18. The lowest BCUT2D eigenvalue weighted by Crippen LogP contribution is -2.42. The van der Waals surface area contributed by atoms with Crippen LogP contribution in [0.15, 0.2) is 65.5 Å². The summed E-state index contributed by atoms with van der Waals surface area (Å²) in [5.41, 5.74) is 1.28. The van der Waals surface area contributed by atoms with Gasteiger partial charge in [-0.2, -0.15) is 0 Å². The van der Waals surface area contributed by atoms with Gasteiger partial charge in [-0.3, -0.25) is 19.1 Å². The largest absolute Gasteiger partial charge is 0.451 e. The summed E-state index contributed by atoms with van der Waals surface area (Å²) < 4.78 is 8.27. The molecule has 9 nitrogen and oxygen atoms in total. The first-order chi connectivity index (χ1) is 15.7. The van der Waals surface area contributed by atoms with Crippen molar-refractivity contribution in [3.8, 4) is 5.69 Å². The first-order valence-electron chi connectivity index (χ1n) is 10.4. The Balaban J connectivity index is 1.66. The molecule has 1 aromatic heterocycles. The number of nitrogens with one attached hydrogen (secondary N) is 2. The van der Waals surface area contributed by atoms with E-state index in [1.54, 1.807) is 61.1 Å². The third-order valence-electron chi connectivity index (χ3n) is 5.20. The van der Waals surface area contributed by atoms with E-state index in [1.807, 2.05) is 18.2 Å². The number of carbonyl (C=O) groups is 3. The van der Waals surface area contributed by atoms with E-state index < -0.39 is 35.5 Å². The summed E-state index contributed by atoms with van der Waals surface area (Å²) in [6.45, 7) is 4.56. The standard InChI is InChI=1S/C24H26N4O5/c1-15(25-22(30)18-11-7-5-8-12-18)24(32)33-17(3)21(29)26-20-16(2)27(4)28(23(20)31)19-13-9-6-10-14-19/h5-15,17H,1-4H3,(H,25,30)(H,26,29)/t15-,17-/m1/s1. The second kappa shape index (κ2) is 9.99.